The summed E-state index contributed by atoms with van der Waals surface area (Å²) in [6.45, 7) is 3.14. The molecule has 1 atom stereocenters. The summed E-state index contributed by atoms with van der Waals surface area (Å²) < 4.78 is 10.3. The van der Waals surface area contributed by atoms with Crippen LogP contribution in [0.1, 0.15) is 23.9 Å². The molecule has 1 aliphatic carbocycles. The van der Waals surface area contributed by atoms with Gasteiger partial charge in [-0.2, -0.15) is 0 Å². The Labute approximate surface area is 115 Å². The standard InChI is InChI=1S/C13H16N2O3S/c1-8-2-3-9-11(6-8)19-13(14-9)15-12(16)10-7-17-4-5-18-10/h7-8H,2-6H2,1H3,(H,14,15,16)/t8-/m1/s1. The van der Waals surface area contributed by atoms with Crippen LogP contribution in [-0.2, 0) is 27.1 Å². The van der Waals surface area contributed by atoms with Crippen LogP contribution in [-0.4, -0.2) is 24.1 Å². The summed E-state index contributed by atoms with van der Waals surface area (Å²) in [6, 6.07) is 0. The van der Waals surface area contributed by atoms with Gasteiger partial charge in [-0.05, 0) is 25.2 Å². The monoisotopic (exact) mass is 280 g/mol. The van der Waals surface area contributed by atoms with Gasteiger partial charge in [0.15, 0.2) is 5.13 Å². The van der Waals surface area contributed by atoms with E-state index in [4.69, 9.17) is 9.47 Å². The molecular formula is C13H16N2O3S. The topological polar surface area (TPSA) is 60.5 Å². The third-order valence-electron chi connectivity index (χ3n) is 3.28. The van der Waals surface area contributed by atoms with Crippen molar-refractivity contribution in [3.05, 3.63) is 22.6 Å². The van der Waals surface area contributed by atoms with Crippen molar-refractivity contribution in [2.24, 2.45) is 5.92 Å². The van der Waals surface area contributed by atoms with Gasteiger partial charge in [0.05, 0.1) is 5.69 Å². The maximum Gasteiger partial charge on any atom is 0.295 e. The number of amides is 1. The highest BCUT2D eigenvalue weighted by Gasteiger charge is 2.22. The van der Waals surface area contributed by atoms with Gasteiger partial charge < -0.3 is 9.47 Å². The first-order chi connectivity index (χ1) is 9.22. The molecule has 1 aliphatic heterocycles. The van der Waals surface area contributed by atoms with E-state index in [-0.39, 0.29) is 11.7 Å². The Balaban J connectivity index is 1.70. The number of ether oxygens (including phenoxy) is 2. The normalized spacial score (nSPS) is 21.7. The largest absolute Gasteiger partial charge is 0.494 e. The predicted molar refractivity (Wildman–Crippen MR) is 71.9 cm³/mol. The third kappa shape index (κ3) is 2.73. The number of hydrogen-bond donors (Lipinski definition) is 1. The lowest BCUT2D eigenvalue weighted by molar-refractivity contribution is -0.117. The molecule has 0 spiro atoms. The highest BCUT2D eigenvalue weighted by Crippen LogP contribution is 2.32. The summed E-state index contributed by atoms with van der Waals surface area (Å²) in [7, 11) is 0. The first-order valence-corrected chi connectivity index (χ1v) is 7.28. The molecule has 0 saturated carbocycles. The van der Waals surface area contributed by atoms with Gasteiger partial charge in [-0.1, -0.05) is 6.92 Å². The van der Waals surface area contributed by atoms with Crippen LogP contribution >= 0.6 is 11.3 Å². The number of fused-ring (bicyclic) bond motifs is 1. The summed E-state index contributed by atoms with van der Waals surface area (Å²) in [6.07, 6.45) is 4.59. The minimum Gasteiger partial charge on any atom is -0.494 e. The maximum atomic E-state index is 11.9. The average molecular weight is 280 g/mol. The lowest BCUT2D eigenvalue weighted by Gasteiger charge is -2.15. The number of nitrogens with one attached hydrogen (secondary N) is 1. The van der Waals surface area contributed by atoms with Gasteiger partial charge in [0, 0.05) is 4.88 Å². The smallest absolute Gasteiger partial charge is 0.295 e. The first kappa shape index (κ1) is 12.5. The zero-order valence-corrected chi connectivity index (χ0v) is 11.6. The minimum absolute atomic E-state index is 0.216. The van der Waals surface area contributed by atoms with Crippen LogP contribution in [0.25, 0.3) is 0 Å². The molecule has 19 heavy (non-hydrogen) atoms. The fourth-order valence-corrected chi connectivity index (χ4v) is 3.41. The molecule has 2 aliphatic rings. The van der Waals surface area contributed by atoms with Gasteiger partial charge in [-0.3, -0.25) is 10.1 Å². The number of aryl methyl sites for hydroxylation is 1. The van der Waals surface area contributed by atoms with Gasteiger partial charge >= 0.3 is 0 Å². The van der Waals surface area contributed by atoms with Crippen molar-refractivity contribution in [2.45, 2.75) is 26.2 Å². The Hall–Kier alpha value is -1.56. The second-order valence-electron chi connectivity index (χ2n) is 4.89. The van der Waals surface area contributed by atoms with E-state index in [1.165, 1.54) is 17.6 Å². The number of nitrogens with zero attached hydrogens (tertiary/aromatic N) is 1. The molecule has 0 aromatic carbocycles. The fourth-order valence-electron chi connectivity index (χ4n) is 2.24. The summed E-state index contributed by atoms with van der Waals surface area (Å²) in [5.41, 5.74) is 1.13. The van der Waals surface area contributed by atoms with Gasteiger partial charge in [0.1, 0.15) is 19.5 Å². The predicted octanol–water partition coefficient (Wildman–Crippen LogP) is 2.09. The first-order valence-electron chi connectivity index (χ1n) is 6.47. The molecule has 0 bridgehead atoms. The molecule has 1 amide bonds. The second kappa shape index (κ2) is 5.21. The van der Waals surface area contributed by atoms with Gasteiger partial charge in [0.25, 0.3) is 5.91 Å². The zero-order chi connectivity index (χ0) is 13.2. The lowest BCUT2D eigenvalue weighted by atomic mass is 9.93. The quantitative estimate of drug-likeness (QED) is 0.901. The minimum atomic E-state index is -0.293. The molecule has 1 N–H and O–H groups in total. The molecule has 0 fully saturated rings. The number of anilines is 1. The molecule has 3 rings (SSSR count). The lowest BCUT2D eigenvalue weighted by Crippen LogP contribution is -2.21. The zero-order valence-electron chi connectivity index (χ0n) is 10.8. The number of carbonyl (C=O) groups excluding carboxylic acids is 1. The molecule has 1 aromatic heterocycles. The molecular weight excluding hydrogens is 264 g/mol. The van der Waals surface area contributed by atoms with Gasteiger partial charge in [0.2, 0.25) is 5.76 Å². The van der Waals surface area contributed by atoms with Crippen LogP contribution in [0.4, 0.5) is 5.13 Å². The number of thiazole rings is 1. The van der Waals surface area contributed by atoms with Crippen molar-refractivity contribution in [2.75, 3.05) is 18.5 Å². The molecule has 6 heteroatoms. The van der Waals surface area contributed by atoms with Gasteiger partial charge in [-0.25, -0.2) is 4.98 Å². The van der Waals surface area contributed by atoms with Crippen LogP contribution < -0.4 is 5.32 Å². The van der Waals surface area contributed by atoms with E-state index in [2.05, 4.69) is 17.2 Å². The van der Waals surface area contributed by atoms with E-state index >= 15 is 0 Å². The number of carbonyl (C=O) groups is 1. The van der Waals surface area contributed by atoms with Crippen molar-refractivity contribution in [3.8, 4) is 0 Å². The Morgan fingerprint density at radius 2 is 2.42 bits per heavy atom. The molecule has 1 aromatic rings. The Morgan fingerprint density at radius 1 is 1.53 bits per heavy atom. The summed E-state index contributed by atoms with van der Waals surface area (Å²) in [5.74, 6) is 0.626. The fraction of sp³-hybridized carbons (Fsp3) is 0.538. The molecule has 102 valence electrons. The van der Waals surface area contributed by atoms with Crippen molar-refractivity contribution in [1.29, 1.82) is 0 Å². The van der Waals surface area contributed by atoms with E-state index in [0.29, 0.717) is 24.3 Å². The van der Waals surface area contributed by atoms with Crippen LogP contribution in [0.15, 0.2) is 12.0 Å². The van der Waals surface area contributed by atoms with E-state index in [9.17, 15) is 4.79 Å². The highest BCUT2D eigenvalue weighted by molar-refractivity contribution is 7.15. The molecule has 2 heterocycles. The molecule has 0 radical (unpaired) electrons. The maximum absolute atomic E-state index is 11.9. The van der Waals surface area contributed by atoms with Crippen molar-refractivity contribution < 1.29 is 14.3 Å². The van der Waals surface area contributed by atoms with E-state index in [1.54, 1.807) is 11.3 Å². The van der Waals surface area contributed by atoms with Crippen molar-refractivity contribution in [3.63, 3.8) is 0 Å². The third-order valence-corrected chi connectivity index (χ3v) is 4.31. The van der Waals surface area contributed by atoms with Crippen LogP contribution in [0.3, 0.4) is 0 Å². The highest BCUT2D eigenvalue weighted by atomic mass is 32.1. The van der Waals surface area contributed by atoms with E-state index in [1.807, 2.05) is 0 Å². The SMILES string of the molecule is C[C@@H]1CCc2nc(NC(=O)C3=COCCO3)sc2C1. The van der Waals surface area contributed by atoms with Crippen LogP contribution in [0.2, 0.25) is 0 Å². The van der Waals surface area contributed by atoms with E-state index in [0.717, 1.165) is 18.5 Å². The van der Waals surface area contributed by atoms with Crippen LogP contribution in [0.5, 0.6) is 0 Å². The number of aromatic nitrogens is 1. The van der Waals surface area contributed by atoms with Crippen molar-refractivity contribution >= 4 is 22.4 Å². The average Bonchev–Trinajstić information content (AvgIpc) is 2.81. The molecule has 0 saturated heterocycles. The summed E-state index contributed by atoms with van der Waals surface area (Å²) >= 11 is 1.56. The Morgan fingerprint density at radius 3 is 3.21 bits per heavy atom. The second-order valence-corrected chi connectivity index (χ2v) is 5.98. The van der Waals surface area contributed by atoms with E-state index < -0.39 is 0 Å². The Kier molecular flexibility index (Phi) is 3.42. The van der Waals surface area contributed by atoms with Crippen molar-refractivity contribution in [1.82, 2.24) is 4.98 Å². The number of rotatable bonds is 2. The summed E-state index contributed by atoms with van der Waals surface area (Å²) in [4.78, 5) is 17.7. The summed E-state index contributed by atoms with van der Waals surface area (Å²) in [5, 5.41) is 3.43. The van der Waals surface area contributed by atoms with Gasteiger partial charge in [-0.15, -0.1) is 11.3 Å². The Bertz CT molecular complexity index is 524. The molecule has 5 nitrogen and oxygen atoms in total. The van der Waals surface area contributed by atoms with Crippen LogP contribution in [0, 0.1) is 5.92 Å². The molecule has 0 unspecified atom stereocenters. The number of hydrogen-bond acceptors (Lipinski definition) is 5.